The number of carbonyl (C=O) groups is 3. The van der Waals surface area contributed by atoms with E-state index >= 15 is 0 Å². The summed E-state index contributed by atoms with van der Waals surface area (Å²) in [5, 5.41) is 2.43. The number of rotatable bonds is 7. The Labute approximate surface area is 220 Å². The van der Waals surface area contributed by atoms with Gasteiger partial charge in [-0.3, -0.25) is 19.4 Å². The van der Waals surface area contributed by atoms with Gasteiger partial charge in [-0.2, -0.15) is 0 Å². The van der Waals surface area contributed by atoms with Crippen LogP contribution in [0.1, 0.15) is 52.3 Å². The van der Waals surface area contributed by atoms with Crippen LogP contribution in [0.4, 0.5) is 5.69 Å². The number of esters is 1. The molecule has 0 aliphatic carbocycles. The molecule has 10 heteroatoms. The van der Waals surface area contributed by atoms with Gasteiger partial charge in [-0.05, 0) is 75.1 Å². The van der Waals surface area contributed by atoms with Crippen molar-refractivity contribution in [1.29, 1.82) is 0 Å². The van der Waals surface area contributed by atoms with E-state index in [0.717, 1.165) is 56.0 Å². The molecule has 0 N–H and O–H groups in total. The lowest BCUT2D eigenvalue weighted by molar-refractivity contribution is -0.123. The maximum absolute atomic E-state index is 13.3. The Balaban J connectivity index is 1.13. The molecule has 3 aliphatic heterocycles. The second-order valence-electron chi connectivity index (χ2n) is 9.87. The van der Waals surface area contributed by atoms with Gasteiger partial charge in [-0.25, -0.2) is 4.79 Å². The third-order valence-electron chi connectivity index (χ3n) is 7.25. The van der Waals surface area contributed by atoms with E-state index in [1.807, 2.05) is 47.2 Å². The van der Waals surface area contributed by atoms with Crippen LogP contribution in [-0.2, 0) is 16.1 Å². The van der Waals surface area contributed by atoms with Gasteiger partial charge in [-0.1, -0.05) is 6.07 Å². The van der Waals surface area contributed by atoms with Crippen LogP contribution in [0.15, 0.2) is 35.7 Å². The number of ether oxygens (including phenoxy) is 1. The molecule has 2 amide bonds. The number of anilines is 1. The largest absolute Gasteiger partial charge is 0.457 e. The Morgan fingerprint density at radius 2 is 1.83 bits per heavy atom. The Morgan fingerprint density at radius 1 is 1.08 bits per heavy atom. The average molecular weight is 527 g/mol. The summed E-state index contributed by atoms with van der Waals surface area (Å²) >= 11 is 7.24. The van der Waals surface area contributed by atoms with Crippen LogP contribution < -0.4 is 4.90 Å². The summed E-state index contributed by atoms with van der Waals surface area (Å²) in [5.41, 5.74) is 1.26. The van der Waals surface area contributed by atoms with E-state index in [-0.39, 0.29) is 24.4 Å². The minimum absolute atomic E-state index is 0.0655. The fourth-order valence-corrected chi connectivity index (χ4v) is 6.23. The molecule has 190 valence electrons. The number of carbonyl (C=O) groups excluding carboxylic acids is 3. The normalized spacial score (nSPS) is 19.7. The van der Waals surface area contributed by atoms with Gasteiger partial charge in [-0.15, -0.1) is 11.3 Å². The number of thiocarbonyl (C=S) groups is 1. The molecular formula is C26H30N4O4S2. The van der Waals surface area contributed by atoms with Gasteiger partial charge < -0.3 is 14.5 Å². The van der Waals surface area contributed by atoms with E-state index in [1.165, 1.54) is 11.3 Å². The highest BCUT2D eigenvalue weighted by Gasteiger charge is 2.49. The first-order valence-electron chi connectivity index (χ1n) is 12.3. The zero-order chi connectivity index (χ0) is 25.4. The van der Waals surface area contributed by atoms with E-state index < -0.39 is 5.54 Å². The first-order valence-corrected chi connectivity index (χ1v) is 13.6. The second kappa shape index (κ2) is 9.91. The minimum Gasteiger partial charge on any atom is -0.457 e. The molecule has 5 rings (SSSR count). The van der Waals surface area contributed by atoms with Gasteiger partial charge in [0.15, 0.2) is 5.11 Å². The maximum atomic E-state index is 13.3. The van der Waals surface area contributed by atoms with Crippen molar-refractivity contribution in [3.63, 3.8) is 0 Å². The zero-order valence-corrected chi connectivity index (χ0v) is 22.2. The lowest BCUT2D eigenvalue weighted by Gasteiger charge is -2.35. The van der Waals surface area contributed by atoms with Crippen molar-refractivity contribution in [2.24, 2.45) is 0 Å². The smallest absolute Gasteiger partial charge is 0.338 e. The third kappa shape index (κ3) is 4.53. The summed E-state index contributed by atoms with van der Waals surface area (Å²) in [6.07, 6.45) is 1.89. The van der Waals surface area contributed by atoms with Crippen LogP contribution in [0.25, 0.3) is 0 Å². The number of amides is 2. The molecule has 2 saturated heterocycles. The molecule has 2 aromatic rings. The molecule has 0 saturated carbocycles. The average Bonchev–Trinajstić information content (AvgIpc) is 3.57. The van der Waals surface area contributed by atoms with Gasteiger partial charge in [0.25, 0.3) is 11.8 Å². The van der Waals surface area contributed by atoms with Crippen LogP contribution >= 0.6 is 23.6 Å². The molecule has 0 unspecified atom stereocenters. The molecule has 4 heterocycles. The van der Waals surface area contributed by atoms with Crippen molar-refractivity contribution in [2.75, 3.05) is 44.2 Å². The van der Waals surface area contributed by atoms with Gasteiger partial charge in [0.2, 0.25) is 0 Å². The first-order chi connectivity index (χ1) is 17.3. The molecule has 2 fully saturated rings. The quantitative estimate of drug-likeness (QED) is 0.311. The monoisotopic (exact) mass is 526 g/mol. The number of piperazine rings is 1. The Morgan fingerprint density at radius 3 is 2.56 bits per heavy atom. The van der Waals surface area contributed by atoms with Crippen molar-refractivity contribution in [3.8, 4) is 0 Å². The van der Waals surface area contributed by atoms with Gasteiger partial charge in [0.05, 0.1) is 16.1 Å². The van der Waals surface area contributed by atoms with Crippen LogP contribution in [-0.4, -0.2) is 82.4 Å². The Kier molecular flexibility index (Phi) is 6.84. The summed E-state index contributed by atoms with van der Waals surface area (Å²) in [4.78, 5) is 46.4. The van der Waals surface area contributed by atoms with Crippen LogP contribution in [0.3, 0.4) is 0 Å². The Bertz CT molecular complexity index is 1190. The number of fused-ring (bicyclic) bond motifs is 1. The number of benzene rings is 1. The highest BCUT2D eigenvalue weighted by molar-refractivity contribution is 7.80. The molecule has 0 radical (unpaired) electrons. The highest BCUT2D eigenvalue weighted by atomic mass is 32.1. The highest BCUT2D eigenvalue weighted by Crippen LogP contribution is 2.34. The van der Waals surface area contributed by atoms with E-state index in [1.54, 1.807) is 17.0 Å². The predicted molar refractivity (Wildman–Crippen MR) is 142 cm³/mol. The van der Waals surface area contributed by atoms with E-state index in [2.05, 4.69) is 4.90 Å². The Hall–Kier alpha value is -2.82. The van der Waals surface area contributed by atoms with E-state index in [9.17, 15) is 14.4 Å². The van der Waals surface area contributed by atoms with Crippen molar-refractivity contribution in [1.82, 2.24) is 14.7 Å². The number of nitrogens with zero attached hydrogens (tertiary/aromatic N) is 4. The van der Waals surface area contributed by atoms with Crippen molar-refractivity contribution >= 4 is 52.1 Å². The lowest BCUT2D eigenvalue weighted by Crippen LogP contribution is -2.48. The number of cyclic esters (lactones) is 1. The fraction of sp³-hybridized carbons (Fsp3) is 0.462. The summed E-state index contributed by atoms with van der Waals surface area (Å²) in [6.45, 7) is 8.94. The molecule has 0 atom stereocenters. The first kappa shape index (κ1) is 24.9. The summed E-state index contributed by atoms with van der Waals surface area (Å²) < 4.78 is 5.10. The molecular weight excluding hydrogens is 496 g/mol. The standard InChI is InChI=1S/C26H30N4O4S2/c1-26(2)24(33)30(19-7-8-20-18(16-19)17-34-23(20)32)25(35)29(26)10-4-3-9-27-11-13-28(14-12-27)22(31)21-6-5-15-36-21/h5-8,15-16H,3-4,9-14,17H2,1-2H3. The van der Waals surface area contributed by atoms with E-state index in [0.29, 0.717) is 22.9 Å². The molecule has 36 heavy (non-hydrogen) atoms. The summed E-state index contributed by atoms with van der Waals surface area (Å²) in [7, 11) is 0. The van der Waals surface area contributed by atoms with Crippen LogP contribution in [0, 0.1) is 0 Å². The predicted octanol–water partition coefficient (Wildman–Crippen LogP) is 3.37. The number of thiophene rings is 1. The van der Waals surface area contributed by atoms with Crippen molar-refractivity contribution in [3.05, 3.63) is 51.7 Å². The van der Waals surface area contributed by atoms with Gasteiger partial charge >= 0.3 is 5.97 Å². The molecule has 8 nitrogen and oxygen atoms in total. The van der Waals surface area contributed by atoms with Crippen LogP contribution in [0.5, 0.6) is 0 Å². The number of unbranched alkanes of at least 4 members (excludes halogenated alkanes) is 1. The molecule has 3 aliphatic rings. The van der Waals surface area contributed by atoms with Crippen molar-refractivity contribution < 1.29 is 19.1 Å². The maximum Gasteiger partial charge on any atom is 0.338 e. The van der Waals surface area contributed by atoms with Crippen LogP contribution in [0.2, 0.25) is 0 Å². The molecule has 1 aromatic carbocycles. The summed E-state index contributed by atoms with van der Waals surface area (Å²) in [6, 6.07) is 9.09. The minimum atomic E-state index is -0.740. The molecule has 0 spiro atoms. The van der Waals surface area contributed by atoms with Crippen molar-refractivity contribution in [2.45, 2.75) is 38.8 Å². The van der Waals surface area contributed by atoms with E-state index in [4.69, 9.17) is 17.0 Å². The molecule has 1 aromatic heterocycles. The second-order valence-corrected chi connectivity index (χ2v) is 11.2. The molecule has 0 bridgehead atoms. The summed E-state index contributed by atoms with van der Waals surface area (Å²) in [5.74, 6) is -0.264. The van der Waals surface area contributed by atoms with Gasteiger partial charge in [0.1, 0.15) is 12.1 Å². The lowest BCUT2D eigenvalue weighted by atomic mass is 10.0. The van der Waals surface area contributed by atoms with Gasteiger partial charge in [0, 0.05) is 38.3 Å². The SMILES string of the molecule is CC1(C)C(=O)N(c2ccc3c(c2)COC3=O)C(=S)N1CCCCN1CCN(C(=O)c2cccs2)CC1. The topological polar surface area (TPSA) is 73.4 Å². The number of hydrogen-bond acceptors (Lipinski definition) is 7. The zero-order valence-electron chi connectivity index (χ0n) is 20.6. The number of hydrogen-bond donors (Lipinski definition) is 0. The fourth-order valence-electron chi connectivity index (χ4n) is 5.03. The third-order valence-corrected chi connectivity index (χ3v) is 8.51.